The molecule has 15 heavy (non-hydrogen) atoms. The number of β-amino-alcohol motifs (C(OH)–C–C–N with tert-alkyl or cyclic N) is 1. The summed E-state index contributed by atoms with van der Waals surface area (Å²) in [5.41, 5.74) is 1.39. The summed E-state index contributed by atoms with van der Waals surface area (Å²) in [5, 5.41) is 9.54. The highest BCUT2D eigenvalue weighted by molar-refractivity contribution is 5.14. The maximum atomic E-state index is 9.54. The van der Waals surface area contributed by atoms with Crippen LogP contribution in [0.2, 0.25) is 0 Å². The third-order valence-electron chi connectivity index (χ3n) is 3.04. The molecule has 2 rings (SSSR count). The van der Waals surface area contributed by atoms with Crippen LogP contribution in [0.3, 0.4) is 0 Å². The van der Waals surface area contributed by atoms with Crippen LogP contribution >= 0.6 is 0 Å². The number of aliphatic hydroxyl groups is 1. The summed E-state index contributed by atoms with van der Waals surface area (Å²) >= 11 is 0. The predicted octanol–water partition coefficient (Wildman–Crippen LogP) is 1.69. The SMILES string of the molecule is O[C@@H]1CCCN(CCc2ccccc2)C1. The standard InChI is InChI=1S/C13H19NO/c15-13-7-4-9-14(11-13)10-8-12-5-2-1-3-6-12/h1-3,5-6,13,15H,4,7-11H2/t13-/m1/s1. The second-order valence-electron chi connectivity index (χ2n) is 4.33. The van der Waals surface area contributed by atoms with Gasteiger partial charge < -0.3 is 10.0 Å². The number of aliphatic hydroxyl groups excluding tert-OH is 1. The van der Waals surface area contributed by atoms with E-state index in [2.05, 4.69) is 29.2 Å². The molecule has 2 nitrogen and oxygen atoms in total. The normalized spacial score (nSPS) is 22.9. The Kier molecular flexibility index (Phi) is 3.75. The lowest BCUT2D eigenvalue weighted by atomic mass is 10.1. The van der Waals surface area contributed by atoms with Gasteiger partial charge in [-0.3, -0.25) is 0 Å². The highest BCUT2D eigenvalue weighted by atomic mass is 16.3. The Hall–Kier alpha value is -0.860. The first-order valence-electron chi connectivity index (χ1n) is 5.79. The van der Waals surface area contributed by atoms with E-state index in [9.17, 15) is 5.11 Å². The van der Waals surface area contributed by atoms with E-state index in [-0.39, 0.29) is 6.10 Å². The van der Waals surface area contributed by atoms with Gasteiger partial charge in [-0.1, -0.05) is 30.3 Å². The molecule has 1 heterocycles. The van der Waals surface area contributed by atoms with Gasteiger partial charge in [0.15, 0.2) is 0 Å². The molecule has 1 fully saturated rings. The largest absolute Gasteiger partial charge is 0.392 e. The van der Waals surface area contributed by atoms with Crippen LogP contribution in [0.5, 0.6) is 0 Å². The molecule has 1 aliphatic heterocycles. The van der Waals surface area contributed by atoms with Gasteiger partial charge in [0.25, 0.3) is 0 Å². The first-order valence-corrected chi connectivity index (χ1v) is 5.79. The number of hydrogen-bond acceptors (Lipinski definition) is 2. The Bertz CT molecular complexity index is 286. The topological polar surface area (TPSA) is 23.5 Å². The Balaban J connectivity index is 1.78. The highest BCUT2D eigenvalue weighted by Crippen LogP contribution is 2.10. The van der Waals surface area contributed by atoms with Crippen molar-refractivity contribution in [3.63, 3.8) is 0 Å². The van der Waals surface area contributed by atoms with E-state index < -0.39 is 0 Å². The second-order valence-corrected chi connectivity index (χ2v) is 4.33. The van der Waals surface area contributed by atoms with Crippen molar-refractivity contribution >= 4 is 0 Å². The molecule has 0 spiro atoms. The number of nitrogens with zero attached hydrogens (tertiary/aromatic N) is 1. The Morgan fingerprint density at radius 1 is 1.27 bits per heavy atom. The van der Waals surface area contributed by atoms with E-state index in [1.807, 2.05) is 6.07 Å². The zero-order valence-electron chi connectivity index (χ0n) is 9.10. The summed E-state index contributed by atoms with van der Waals surface area (Å²) in [6.07, 6.45) is 3.10. The fraction of sp³-hybridized carbons (Fsp3) is 0.538. The molecule has 0 aromatic heterocycles. The lowest BCUT2D eigenvalue weighted by Crippen LogP contribution is -2.39. The first-order chi connectivity index (χ1) is 7.34. The first kappa shape index (κ1) is 10.7. The molecule has 1 aliphatic rings. The molecule has 1 aromatic carbocycles. The smallest absolute Gasteiger partial charge is 0.0667 e. The number of benzene rings is 1. The monoisotopic (exact) mass is 205 g/mol. The molecule has 0 aliphatic carbocycles. The van der Waals surface area contributed by atoms with Crippen LogP contribution in [-0.2, 0) is 6.42 Å². The quantitative estimate of drug-likeness (QED) is 0.811. The van der Waals surface area contributed by atoms with Gasteiger partial charge >= 0.3 is 0 Å². The predicted molar refractivity (Wildman–Crippen MR) is 61.8 cm³/mol. The van der Waals surface area contributed by atoms with Crippen molar-refractivity contribution in [2.24, 2.45) is 0 Å². The van der Waals surface area contributed by atoms with Crippen LogP contribution in [0.15, 0.2) is 30.3 Å². The summed E-state index contributed by atoms with van der Waals surface area (Å²) in [6.45, 7) is 3.07. The van der Waals surface area contributed by atoms with E-state index in [0.717, 1.165) is 38.9 Å². The summed E-state index contributed by atoms with van der Waals surface area (Å²) in [5.74, 6) is 0. The average Bonchev–Trinajstić information content (AvgIpc) is 2.28. The van der Waals surface area contributed by atoms with Gasteiger partial charge in [0.2, 0.25) is 0 Å². The third kappa shape index (κ3) is 3.33. The summed E-state index contributed by atoms with van der Waals surface area (Å²) in [7, 11) is 0. The van der Waals surface area contributed by atoms with Crippen LogP contribution in [-0.4, -0.2) is 35.7 Å². The van der Waals surface area contributed by atoms with Crippen molar-refractivity contribution in [2.75, 3.05) is 19.6 Å². The minimum absolute atomic E-state index is 0.102. The molecule has 2 heteroatoms. The highest BCUT2D eigenvalue weighted by Gasteiger charge is 2.16. The second kappa shape index (κ2) is 5.29. The average molecular weight is 205 g/mol. The van der Waals surface area contributed by atoms with Crippen molar-refractivity contribution in [3.05, 3.63) is 35.9 Å². The molecule has 0 radical (unpaired) electrons. The molecule has 1 N–H and O–H groups in total. The lowest BCUT2D eigenvalue weighted by molar-refractivity contribution is 0.0714. The van der Waals surface area contributed by atoms with E-state index >= 15 is 0 Å². The molecule has 0 unspecified atom stereocenters. The van der Waals surface area contributed by atoms with Crippen molar-refractivity contribution in [2.45, 2.75) is 25.4 Å². The van der Waals surface area contributed by atoms with Crippen molar-refractivity contribution in [1.29, 1.82) is 0 Å². The van der Waals surface area contributed by atoms with Crippen molar-refractivity contribution in [1.82, 2.24) is 4.90 Å². The summed E-state index contributed by atoms with van der Waals surface area (Å²) < 4.78 is 0. The van der Waals surface area contributed by atoms with Crippen LogP contribution in [0.25, 0.3) is 0 Å². The number of piperidine rings is 1. The van der Waals surface area contributed by atoms with Gasteiger partial charge in [0.1, 0.15) is 0 Å². The Morgan fingerprint density at radius 3 is 2.80 bits per heavy atom. The zero-order chi connectivity index (χ0) is 10.5. The Labute approximate surface area is 91.5 Å². The van der Waals surface area contributed by atoms with E-state index in [0.29, 0.717) is 0 Å². The minimum Gasteiger partial charge on any atom is -0.392 e. The minimum atomic E-state index is -0.102. The van der Waals surface area contributed by atoms with E-state index in [1.165, 1.54) is 5.56 Å². The van der Waals surface area contributed by atoms with Crippen molar-refractivity contribution < 1.29 is 5.11 Å². The maximum absolute atomic E-state index is 9.54. The number of likely N-dealkylation sites (tertiary alicyclic amines) is 1. The molecule has 1 saturated heterocycles. The molecule has 1 atom stereocenters. The fourth-order valence-electron chi connectivity index (χ4n) is 2.17. The molecule has 82 valence electrons. The Morgan fingerprint density at radius 2 is 2.07 bits per heavy atom. The molecular formula is C13H19NO. The lowest BCUT2D eigenvalue weighted by Gasteiger charge is -2.29. The van der Waals surface area contributed by atoms with Gasteiger partial charge in [-0.05, 0) is 31.4 Å². The van der Waals surface area contributed by atoms with Gasteiger partial charge in [0.05, 0.1) is 6.10 Å². The summed E-state index contributed by atoms with van der Waals surface area (Å²) in [4.78, 5) is 2.36. The molecular weight excluding hydrogens is 186 g/mol. The van der Waals surface area contributed by atoms with E-state index in [1.54, 1.807) is 0 Å². The summed E-state index contributed by atoms with van der Waals surface area (Å²) in [6, 6.07) is 10.6. The van der Waals surface area contributed by atoms with Crippen molar-refractivity contribution in [3.8, 4) is 0 Å². The maximum Gasteiger partial charge on any atom is 0.0667 e. The molecule has 1 aromatic rings. The number of hydrogen-bond donors (Lipinski definition) is 1. The van der Waals surface area contributed by atoms with Gasteiger partial charge in [-0.2, -0.15) is 0 Å². The van der Waals surface area contributed by atoms with Crippen LogP contribution < -0.4 is 0 Å². The fourth-order valence-corrected chi connectivity index (χ4v) is 2.17. The van der Waals surface area contributed by atoms with Gasteiger partial charge in [-0.15, -0.1) is 0 Å². The zero-order valence-corrected chi connectivity index (χ0v) is 9.10. The molecule has 0 bridgehead atoms. The molecule has 0 saturated carbocycles. The van der Waals surface area contributed by atoms with Crippen LogP contribution in [0.4, 0.5) is 0 Å². The molecule has 0 amide bonds. The van der Waals surface area contributed by atoms with Gasteiger partial charge in [-0.25, -0.2) is 0 Å². The third-order valence-corrected chi connectivity index (χ3v) is 3.04. The van der Waals surface area contributed by atoms with Gasteiger partial charge in [0, 0.05) is 13.1 Å². The van der Waals surface area contributed by atoms with Crippen LogP contribution in [0.1, 0.15) is 18.4 Å². The number of rotatable bonds is 3. The van der Waals surface area contributed by atoms with Crippen LogP contribution in [0, 0.1) is 0 Å². The van der Waals surface area contributed by atoms with E-state index in [4.69, 9.17) is 0 Å².